The maximum absolute atomic E-state index is 12.5. The van der Waals surface area contributed by atoms with Gasteiger partial charge in [0.1, 0.15) is 0 Å². The lowest BCUT2D eigenvalue weighted by Crippen LogP contribution is -2.60. The summed E-state index contributed by atoms with van der Waals surface area (Å²) in [5.74, 6) is -6.81. The Kier molecular flexibility index (Phi) is 9.00. The fraction of sp³-hybridized carbons (Fsp3) is 0.727. The summed E-state index contributed by atoms with van der Waals surface area (Å²) in [6.45, 7) is 0.683. The van der Waals surface area contributed by atoms with Crippen LogP contribution in [-0.4, -0.2) is 48.5 Å². The van der Waals surface area contributed by atoms with E-state index >= 15 is 0 Å². The van der Waals surface area contributed by atoms with Crippen molar-refractivity contribution in [1.82, 2.24) is 10.6 Å². The lowest BCUT2D eigenvalue weighted by Gasteiger charge is -2.32. The van der Waals surface area contributed by atoms with Crippen LogP contribution in [0.4, 0.5) is 0 Å². The van der Waals surface area contributed by atoms with E-state index < -0.39 is 58.1 Å². The topological polar surface area (TPSA) is 231 Å². The monoisotopic (exact) mass is 480 g/mol. The Labute approximate surface area is 198 Å². The Hall–Kier alpha value is -3.18. The van der Waals surface area contributed by atoms with Crippen LogP contribution in [0.15, 0.2) is 0 Å². The number of primary amides is 4. The average Bonchev–Trinajstić information content (AvgIpc) is 3.02. The van der Waals surface area contributed by atoms with E-state index in [0.717, 1.165) is 0 Å². The van der Waals surface area contributed by atoms with Crippen molar-refractivity contribution in [3.8, 4) is 0 Å². The minimum atomic E-state index is -2.06. The van der Waals surface area contributed by atoms with Crippen molar-refractivity contribution in [3.05, 3.63) is 0 Å². The van der Waals surface area contributed by atoms with Gasteiger partial charge in [-0.1, -0.05) is 25.7 Å². The van der Waals surface area contributed by atoms with E-state index in [4.69, 9.17) is 22.9 Å². The lowest BCUT2D eigenvalue weighted by atomic mass is 9.69. The highest BCUT2D eigenvalue weighted by molar-refractivity contribution is 6.22. The molecule has 0 aromatic heterocycles. The van der Waals surface area contributed by atoms with Crippen LogP contribution in [0.5, 0.6) is 0 Å². The van der Waals surface area contributed by atoms with E-state index in [1.165, 1.54) is 0 Å². The Balaban J connectivity index is 1.98. The van der Waals surface area contributed by atoms with Crippen LogP contribution in [0.1, 0.15) is 64.2 Å². The van der Waals surface area contributed by atoms with Gasteiger partial charge in [-0.05, 0) is 50.4 Å². The highest BCUT2D eigenvalue weighted by Crippen LogP contribution is 2.39. The predicted molar refractivity (Wildman–Crippen MR) is 121 cm³/mol. The van der Waals surface area contributed by atoms with Gasteiger partial charge in [0, 0.05) is 13.1 Å². The second-order valence-corrected chi connectivity index (χ2v) is 9.25. The molecule has 0 aliphatic carbocycles. The van der Waals surface area contributed by atoms with Crippen LogP contribution >= 0.6 is 0 Å². The van der Waals surface area contributed by atoms with Gasteiger partial charge in [-0.2, -0.15) is 0 Å². The highest BCUT2D eigenvalue weighted by Gasteiger charge is 2.57. The van der Waals surface area contributed by atoms with Gasteiger partial charge in [-0.3, -0.25) is 28.8 Å². The molecule has 12 heteroatoms. The molecule has 2 saturated heterocycles. The van der Waals surface area contributed by atoms with E-state index in [2.05, 4.69) is 10.6 Å². The Morgan fingerprint density at radius 2 is 0.971 bits per heavy atom. The number of hydrogen-bond acceptors (Lipinski definition) is 6. The first-order valence-corrected chi connectivity index (χ1v) is 11.8. The van der Waals surface area contributed by atoms with Crippen LogP contribution in [0.2, 0.25) is 0 Å². The van der Waals surface area contributed by atoms with E-state index in [1.807, 2.05) is 0 Å². The molecule has 2 rings (SSSR count). The standard InChI is InChI=1S/C22H36N6O6/c23-15(29)21(16(24)30)13(9-5-11-27-19(21)33)7-3-1-2-4-8-14-10-6-12-28-20(34)22(14,17(25)31)18(26)32/h13-14H,1-12H2,(H2,23,29)(H2,24,30)(H2,25,31)(H2,26,32)(H,27,33)(H,28,34). The lowest BCUT2D eigenvalue weighted by molar-refractivity contribution is -0.155. The molecule has 10 N–H and O–H groups in total. The van der Waals surface area contributed by atoms with Crippen LogP contribution in [-0.2, 0) is 28.8 Å². The summed E-state index contributed by atoms with van der Waals surface area (Å²) in [4.78, 5) is 73.8. The first kappa shape index (κ1) is 27.1. The van der Waals surface area contributed by atoms with E-state index in [-0.39, 0.29) is 0 Å². The summed E-state index contributed by atoms with van der Waals surface area (Å²) >= 11 is 0. The van der Waals surface area contributed by atoms with Gasteiger partial charge >= 0.3 is 0 Å². The van der Waals surface area contributed by atoms with Crippen molar-refractivity contribution in [2.75, 3.05) is 13.1 Å². The number of unbranched alkanes of at least 4 members (excludes halogenated alkanes) is 3. The maximum Gasteiger partial charge on any atom is 0.245 e. The van der Waals surface area contributed by atoms with Gasteiger partial charge in [0.25, 0.3) is 0 Å². The van der Waals surface area contributed by atoms with Crippen molar-refractivity contribution < 1.29 is 28.8 Å². The third-order valence-corrected chi connectivity index (χ3v) is 7.38. The molecule has 0 bridgehead atoms. The summed E-state index contributed by atoms with van der Waals surface area (Å²) in [6, 6.07) is 0. The maximum atomic E-state index is 12.5. The number of carbonyl (C=O) groups is 6. The number of nitrogens with two attached hydrogens (primary N) is 4. The molecule has 2 aliphatic rings. The van der Waals surface area contributed by atoms with Gasteiger partial charge in [-0.25, -0.2) is 0 Å². The zero-order valence-electron chi connectivity index (χ0n) is 19.4. The third-order valence-electron chi connectivity index (χ3n) is 7.38. The van der Waals surface area contributed by atoms with Crippen LogP contribution in [0, 0.1) is 22.7 Å². The molecule has 2 heterocycles. The summed E-state index contributed by atoms with van der Waals surface area (Å²) in [5, 5.41) is 5.12. The van der Waals surface area contributed by atoms with Gasteiger partial charge < -0.3 is 33.6 Å². The second-order valence-electron chi connectivity index (χ2n) is 9.25. The van der Waals surface area contributed by atoms with Gasteiger partial charge in [-0.15, -0.1) is 0 Å². The van der Waals surface area contributed by atoms with Crippen molar-refractivity contribution >= 4 is 35.4 Å². The molecule has 0 aromatic carbocycles. The highest BCUT2D eigenvalue weighted by atomic mass is 16.2. The first-order valence-electron chi connectivity index (χ1n) is 11.8. The zero-order chi connectivity index (χ0) is 25.5. The fourth-order valence-corrected chi connectivity index (χ4v) is 5.54. The van der Waals surface area contributed by atoms with Gasteiger partial charge in [0.05, 0.1) is 0 Å². The van der Waals surface area contributed by atoms with Crippen LogP contribution in [0.3, 0.4) is 0 Å². The van der Waals surface area contributed by atoms with E-state index in [1.54, 1.807) is 0 Å². The molecular formula is C22H36N6O6. The summed E-state index contributed by atoms with van der Waals surface area (Å²) in [5.41, 5.74) is 17.8. The Morgan fingerprint density at radius 1 is 0.647 bits per heavy atom. The second kappa shape index (κ2) is 11.3. The number of hydrogen-bond donors (Lipinski definition) is 6. The molecule has 0 radical (unpaired) electrons. The predicted octanol–water partition coefficient (Wildman–Crippen LogP) is -1.71. The Morgan fingerprint density at radius 3 is 1.26 bits per heavy atom. The average molecular weight is 481 g/mol. The molecular weight excluding hydrogens is 444 g/mol. The van der Waals surface area contributed by atoms with Crippen LogP contribution < -0.4 is 33.6 Å². The summed E-state index contributed by atoms with van der Waals surface area (Å²) in [6.07, 6.45) is 5.58. The quantitative estimate of drug-likeness (QED) is 0.149. The van der Waals surface area contributed by atoms with Crippen LogP contribution in [0.25, 0.3) is 0 Å². The molecule has 0 spiro atoms. The molecule has 0 saturated carbocycles. The van der Waals surface area contributed by atoms with Crippen molar-refractivity contribution in [1.29, 1.82) is 0 Å². The zero-order valence-corrected chi connectivity index (χ0v) is 19.4. The van der Waals surface area contributed by atoms with Crippen molar-refractivity contribution in [2.45, 2.75) is 64.2 Å². The van der Waals surface area contributed by atoms with Gasteiger partial charge in [0.15, 0.2) is 0 Å². The largest absolute Gasteiger partial charge is 0.368 e. The molecule has 190 valence electrons. The third kappa shape index (κ3) is 4.85. The number of amides is 6. The molecule has 0 aromatic rings. The SMILES string of the molecule is NC(=O)C1(C(N)=O)C(=O)NCCCC1CCCCCCC1CCCNC(=O)C1(C(N)=O)C(N)=O. The number of nitrogens with one attached hydrogen (secondary N) is 2. The number of rotatable bonds is 11. The minimum Gasteiger partial charge on any atom is -0.368 e. The molecule has 2 aliphatic heterocycles. The molecule has 34 heavy (non-hydrogen) atoms. The molecule has 2 unspecified atom stereocenters. The van der Waals surface area contributed by atoms with Crippen molar-refractivity contribution in [3.63, 3.8) is 0 Å². The molecule has 12 nitrogen and oxygen atoms in total. The number of carbonyl (C=O) groups excluding carboxylic acids is 6. The first-order chi connectivity index (χ1) is 16.0. The summed E-state index contributed by atoms with van der Waals surface area (Å²) in [7, 11) is 0. The summed E-state index contributed by atoms with van der Waals surface area (Å²) < 4.78 is 0. The molecule has 6 amide bonds. The molecule has 2 atom stereocenters. The van der Waals surface area contributed by atoms with E-state index in [9.17, 15) is 28.8 Å². The normalized spacial score (nSPS) is 24.1. The minimum absolute atomic E-state index is 0.341. The smallest absolute Gasteiger partial charge is 0.245 e. The molecule has 2 fully saturated rings. The Bertz CT molecular complexity index is 748. The van der Waals surface area contributed by atoms with Crippen molar-refractivity contribution in [2.24, 2.45) is 45.6 Å². The fourth-order valence-electron chi connectivity index (χ4n) is 5.54. The van der Waals surface area contributed by atoms with E-state index in [0.29, 0.717) is 77.3 Å². The van der Waals surface area contributed by atoms with Gasteiger partial charge in [0.2, 0.25) is 46.3 Å².